The average Bonchev–Trinajstić information content (AvgIpc) is 3.35. The van der Waals surface area contributed by atoms with E-state index in [-0.39, 0.29) is 4.32 Å². The number of rotatable bonds is 7. The van der Waals surface area contributed by atoms with Gasteiger partial charge in [0.1, 0.15) is 16.6 Å². The number of amides is 1. The van der Waals surface area contributed by atoms with Crippen LogP contribution in [0.25, 0.3) is 23.0 Å². The predicted octanol–water partition coefficient (Wildman–Crippen LogP) is 3.84. The zero-order chi connectivity index (χ0) is 23.5. The molecule has 1 aliphatic heterocycles. The number of ether oxygens (including phenoxy) is 2. The first-order valence-corrected chi connectivity index (χ1v) is 11.0. The Hall–Kier alpha value is -3.63. The Morgan fingerprint density at radius 2 is 1.88 bits per heavy atom. The van der Waals surface area contributed by atoms with E-state index in [1.165, 1.54) is 0 Å². The zero-order valence-electron chi connectivity index (χ0n) is 17.7. The van der Waals surface area contributed by atoms with E-state index < -0.39 is 18.4 Å². The monoisotopic (exact) mass is 481 g/mol. The minimum Gasteiger partial charge on any atom is -0.493 e. The van der Waals surface area contributed by atoms with Crippen LogP contribution in [0.3, 0.4) is 0 Å². The molecular formula is C23H19N3O5S2. The maximum atomic E-state index is 12.8. The van der Waals surface area contributed by atoms with Gasteiger partial charge in [-0.15, -0.1) is 0 Å². The van der Waals surface area contributed by atoms with Crippen LogP contribution in [0.1, 0.15) is 5.56 Å². The smallest absolute Gasteiger partial charge is 0.323 e. The summed E-state index contributed by atoms with van der Waals surface area (Å²) in [7, 11) is 3.12. The number of thioether (sulfide) groups is 1. The lowest BCUT2D eigenvalue weighted by Gasteiger charge is -2.10. The van der Waals surface area contributed by atoms with Crippen LogP contribution in [-0.4, -0.2) is 56.7 Å². The van der Waals surface area contributed by atoms with Gasteiger partial charge in [-0.3, -0.25) is 14.5 Å². The van der Waals surface area contributed by atoms with Crippen LogP contribution >= 0.6 is 24.0 Å². The van der Waals surface area contributed by atoms with Gasteiger partial charge in [0, 0.05) is 17.3 Å². The van der Waals surface area contributed by atoms with Gasteiger partial charge in [0.15, 0.2) is 11.5 Å². The van der Waals surface area contributed by atoms with E-state index in [4.69, 9.17) is 31.9 Å². The van der Waals surface area contributed by atoms with Crippen molar-refractivity contribution in [2.75, 3.05) is 20.8 Å². The third-order valence-electron chi connectivity index (χ3n) is 4.87. The van der Waals surface area contributed by atoms with Crippen LogP contribution in [0.2, 0.25) is 0 Å². The number of carbonyl (C=O) groups excluding carboxylic acids is 1. The Balaban J connectivity index is 1.82. The zero-order valence-corrected chi connectivity index (χ0v) is 19.4. The van der Waals surface area contributed by atoms with Crippen molar-refractivity contribution < 1.29 is 24.2 Å². The number of thiocarbonyl (C=S) groups is 1. The molecule has 1 aromatic heterocycles. The lowest BCUT2D eigenvalue weighted by molar-refractivity contribution is -0.140. The maximum absolute atomic E-state index is 12.8. The topological polar surface area (TPSA) is 93.9 Å². The minimum absolute atomic E-state index is 0.205. The molecule has 1 saturated heterocycles. The Labute approximate surface area is 199 Å². The number of aliphatic carboxylic acids is 1. The van der Waals surface area contributed by atoms with Crippen LogP contribution in [-0.2, 0) is 9.59 Å². The van der Waals surface area contributed by atoms with Crippen molar-refractivity contribution >= 4 is 46.3 Å². The number of hydrogen-bond donors (Lipinski definition) is 1. The van der Waals surface area contributed by atoms with Crippen LogP contribution in [0.4, 0.5) is 0 Å². The minimum atomic E-state index is -1.13. The van der Waals surface area contributed by atoms with Gasteiger partial charge in [-0.05, 0) is 36.4 Å². The second-order valence-corrected chi connectivity index (χ2v) is 8.62. The van der Waals surface area contributed by atoms with Crippen molar-refractivity contribution in [2.45, 2.75) is 0 Å². The summed E-state index contributed by atoms with van der Waals surface area (Å²) in [5, 5.41) is 13.8. The molecule has 1 amide bonds. The molecule has 0 radical (unpaired) electrons. The van der Waals surface area contributed by atoms with Crippen molar-refractivity contribution in [3.63, 3.8) is 0 Å². The summed E-state index contributed by atoms with van der Waals surface area (Å²) in [6.07, 6.45) is 3.49. The molecule has 4 rings (SSSR count). The molecule has 0 spiro atoms. The van der Waals surface area contributed by atoms with Gasteiger partial charge in [0.25, 0.3) is 5.91 Å². The standard InChI is InChI=1S/C23H19N3O5S2/c1-30-17-9-8-14(10-18(17)31-2)21-15(12-26(24-21)16-6-4-3-5-7-16)11-19-22(29)25(13-20(27)28)23(32)33-19/h3-12H,13H2,1-2H3,(H,27,28)/b19-11+. The summed E-state index contributed by atoms with van der Waals surface area (Å²) in [6.45, 7) is -0.478. The normalized spacial score (nSPS) is 14.7. The fraction of sp³-hybridized carbons (Fsp3) is 0.130. The molecule has 0 saturated carbocycles. The SMILES string of the molecule is COc1ccc(-c2nn(-c3ccccc3)cc2/C=C2/SC(=S)N(CC(=O)O)C2=O)cc1OC. The molecule has 33 heavy (non-hydrogen) atoms. The average molecular weight is 482 g/mol. The molecule has 168 valence electrons. The molecular weight excluding hydrogens is 462 g/mol. The highest BCUT2D eigenvalue weighted by molar-refractivity contribution is 8.26. The molecule has 10 heteroatoms. The first kappa shape index (κ1) is 22.6. The third kappa shape index (κ3) is 4.62. The van der Waals surface area contributed by atoms with Gasteiger partial charge in [-0.25, -0.2) is 4.68 Å². The highest BCUT2D eigenvalue weighted by atomic mass is 32.2. The van der Waals surface area contributed by atoms with E-state index in [9.17, 15) is 9.59 Å². The van der Waals surface area contributed by atoms with Crippen molar-refractivity contribution in [3.8, 4) is 28.4 Å². The Morgan fingerprint density at radius 3 is 2.55 bits per heavy atom. The number of nitrogens with zero attached hydrogens (tertiary/aromatic N) is 3. The number of para-hydroxylation sites is 1. The number of hydrogen-bond acceptors (Lipinski definition) is 7. The van der Waals surface area contributed by atoms with E-state index >= 15 is 0 Å². The van der Waals surface area contributed by atoms with E-state index in [0.717, 1.165) is 27.9 Å². The fourth-order valence-electron chi connectivity index (χ4n) is 3.33. The number of carbonyl (C=O) groups is 2. The first-order valence-electron chi connectivity index (χ1n) is 9.76. The number of aromatic nitrogens is 2. The van der Waals surface area contributed by atoms with Crippen molar-refractivity contribution in [2.24, 2.45) is 0 Å². The van der Waals surface area contributed by atoms with Gasteiger partial charge in [0.05, 0.1) is 24.8 Å². The second kappa shape index (κ2) is 9.47. The summed E-state index contributed by atoms with van der Waals surface area (Å²) in [4.78, 5) is 25.3. The van der Waals surface area contributed by atoms with E-state index in [0.29, 0.717) is 27.7 Å². The molecule has 2 heterocycles. The van der Waals surface area contributed by atoms with Crippen molar-refractivity contribution in [1.82, 2.24) is 14.7 Å². The predicted molar refractivity (Wildman–Crippen MR) is 130 cm³/mol. The first-order chi connectivity index (χ1) is 15.9. The van der Waals surface area contributed by atoms with Gasteiger partial charge in [-0.2, -0.15) is 5.10 Å². The molecule has 0 unspecified atom stereocenters. The molecule has 8 nitrogen and oxygen atoms in total. The summed E-state index contributed by atoms with van der Waals surface area (Å²) >= 11 is 6.28. The molecule has 2 aromatic carbocycles. The Kier molecular flexibility index (Phi) is 6.47. The van der Waals surface area contributed by atoms with Crippen LogP contribution in [0.5, 0.6) is 11.5 Å². The largest absolute Gasteiger partial charge is 0.493 e. The molecule has 1 aliphatic rings. The molecule has 0 atom stereocenters. The molecule has 0 bridgehead atoms. The molecule has 3 aromatic rings. The number of carboxylic acids is 1. The van der Waals surface area contributed by atoms with E-state index in [2.05, 4.69) is 0 Å². The van der Waals surface area contributed by atoms with Crippen molar-refractivity contribution in [3.05, 3.63) is 65.2 Å². The molecule has 1 fully saturated rings. The maximum Gasteiger partial charge on any atom is 0.323 e. The van der Waals surface area contributed by atoms with Gasteiger partial charge in [-0.1, -0.05) is 42.2 Å². The van der Waals surface area contributed by atoms with E-state index in [1.54, 1.807) is 31.0 Å². The Morgan fingerprint density at radius 1 is 1.15 bits per heavy atom. The summed E-state index contributed by atoms with van der Waals surface area (Å²) in [5.41, 5.74) is 2.89. The number of benzene rings is 2. The van der Waals surface area contributed by atoms with Crippen LogP contribution < -0.4 is 9.47 Å². The number of methoxy groups -OCH3 is 2. The highest BCUT2D eigenvalue weighted by Crippen LogP contribution is 2.37. The third-order valence-corrected chi connectivity index (χ3v) is 6.25. The second-order valence-electron chi connectivity index (χ2n) is 6.94. The lowest BCUT2D eigenvalue weighted by atomic mass is 10.1. The summed E-state index contributed by atoms with van der Waals surface area (Å²) in [5.74, 6) is -0.448. The molecule has 0 aliphatic carbocycles. The van der Waals surface area contributed by atoms with E-state index in [1.807, 2.05) is 48.7 Å². The highest BCUT2D eigenvalue weighted by Gasteiger charge is 2.33. The quantitative estimate of drug-likeness (QED) is 0.402. The summed E-state index contributed by atoms with van der Waals surface area (Å²) in [6, 6.07) is 15.0. The van der Waals surface area contributed by atoms with Crippen LogP contribution in [0, 0.1) is 0 Å². The lowest BCUT2D eigenvalue weighted by Crippen LogP contribution is -2.33. The van der Waals surface area contributed by atoms with Crippen molar-refractivity contribution in [1.29, 1.82) is 0 Å². The van der Waals surface area contributed by atoms with Gasteiger partial charge in [0.2, 0.25) is 0 Å². The summed E-state index contributed by atoms with van der Waals surface area (Å²) < 4.78 is 12.7. The Bertz CT molecular complexity index is 1270. The fourth-order valence-corrected chi connectivity index (χ4v) is 4.57. The number of carboxylic acid groups (broad SMARTS) is 1. The molecule has 1 N–H and O–H groups in total. The van der Waals surface area contributed by atoms with Gasteiger partial charge < -0.3 is 14.6 Å². The van der Waals surface area contributed by atoms with Crippen LogP contribution in [0.15, 0.2) is 59.6 Å². The van der Waals surface area contributed by atoms with Gasteiger partial charge >= 0.3 is 5.97 Å².